The fourth-order valence-electron chi connectivity index (χ4n) is 3.15. The van der Waals surface area contributed by atoms with Crippen LogP contribution in [-0.4, -0.2) is 52.6 Å². The number of amides is 1. The van der Waals surface area contributed by atoms with Crippen molar-refractivity contribution in [3.05, 3.63) is 42.0 Å². The van der Waals surface area contributed by atoms with E-state index < -0.39 is 0 Å². The Bertz CT molecular complexity index is 735. The van der Waals surface area contributed by atoms with Gasteiger partial charge < -0.3 is 15.0 Å². The molecule has 1 atom stereocenters. The van der Waals surface area contributed by atoms with Gasteiger partial charge in [-0.15, -0.1) is 0 Å². The smallest absolute Gasteiger partial charge is 0.224 e. The third-order valence-corrected chi connectivity index (χ3v) is 4.53. The van der Waals surface area contributed by atoms with Crippen LogP contribution in [0, 0.1) is 6.92 Å². The summed E-state index contributed by atoms with van der Waals surface area (Å²) >= 11 is 0. The largest absolute Gasteiger partial charge is 0.384 e. The third-order valence-electron chi connectivity index (χ3n) is 4.53. The summed E-state index contributed by atoms with van der Waals surface area (Å²) in [5.41, 5.74) is 1.87. The van der Waals surface area contributed by atoms with Gasteiger partial charge in [0.05, 0.1) is 31.1 Å². The van der Waals surface area contributed by atoms with E-state index in [0.717, 1.165) is 36.6 Å². The van der Waals surface area contributed by atoms with E-state index in [-0.39, 0.29) is 11.8 Å². The minimum atomic E-state index is 0.147. The van der Waals surface area contributed by atoms with Gasteiger partial charge in [0.15, 0.2) is 0 Å². The Morgan fingerprint density at radius 3 is 2.92 bits per heavy atom. The molecule has 0 radical (unpaired) electrons. The second-order valence-electron chi connectivity index (χ2n) is 6.54. The molecule has 1 fully saturated rings. The number of aromatic nitrogens is 3. The van der Waals surface area contributed by atoms with Crippen molar-refractivity contribution in [1.82, 2.24) is 19.9 Å². The van der Waals surface area contributed by atoms with Gasteiger partial charge in [0.2, 0.25) is 5.91 Å². The van der Waals surface area contributed by atoms with Crippen molar-refractivity contribution in [2.75, 3.05) is 32.1 Å². The van der Waals surface area contributed by atoms with E-state index in [4.69, 9.17) is 4.74 Å². The van der Waals surface area contributed by atoms with Gasteiger partial charge >= 0.3 is 0 Å². The van der Waals surface area contributed by atoms with Gasteiger partial charge in [-0.25, -0.2) is 9.97 Å². The van der Waals surface area contributed by atoms with Crippen molar-refractivity contribution in [3.8, 4) is 0 Å². The van der Waals surface area contributed by atoms with Crippen molar-refractivity contribution in [2.24, 2.45) is 0 Å². The number of methoxy groups -OCH3 is 1. The zero-order valence-corrected chi connectivity index (χ0v) is 15.3. The molecule has 1 amide bonds. The molecule has 138 valence electrons. The van der Waals surface area contributed by atoms with Crippen molar-refractivity contribution in [1.29, 1.82) is 0 Å². The number of carbonyl (C=O) groups is 1. The molecular formula is C19H25N5O2. The molecule has 1 saturated heterocycles. The van der Waals surface area contributed by atoms with E-state index in [1.54, 1.807) is 19.5 Å². The number of nitrogens with zero attached hydrogens (tertiary/aromatic N) is 4. The van der Waals surface area contributed by atoms with E-state index in [2.05, 4.69) is 20.3 Å². The lowest BCUT2D eigenvalue weighted by molar-refractivity contribution is -0.133. The zero-order chi connectivity index (χ0) is 18.4. The van der Waals surface area contributed by atoms with Crippen LogP contribution < -0.4 is 5.32 Å². The second kappa shape index (κ2) is 8.71. The summed E-state index contributed by atoms with van der Waals surface area (Å²) in [6.45, 7) is 3.92. The Morgan fingerprint density at radius 1 is 1.31 bits per heavy atom. The van der Waals surface area contributed by atoms with Crippen LogP contribution in [0.4, 0.5) is 11.6 Å². The average molecular weight is 355 g/mol. The third kappa shape index (κ3) is 4.76. The van der Waals surface area contributed by atoms with Crippen molar-refractivity contribution >= 4 is 17.5 Å². The number of nitrogens with one attached hydrogen (secondary N) is 1. The molecule has 1 N–H and O–H groups in total. The number of hydrogen-bond acceptors (Lipinski definition) is 6. The lowest BCUT2D eigenvalue weighted by Gasteiger charge is -2.32. The van der Waals surface area contributed by atoms with Gasteiger partial charge in [0, 0.05) is 31.8 Å². The molecule has 7 nitrogen and oxygen atoms in total. The first-order chi connectivity index (χ1) is 12.7. The van der Waals surface area contributed by atoms with Crippen molar-refractivity contribution < 1.29 is 9.53 Å². The maximum Gasteiger partial charge on any atom is 0.224 e. The first-order valence-corrected chi connectivity index (χ1v) is 8.95. The molecule has 2 aromatic rings. The molecule has 0 spiro atoms. The Kier molecular flexibility index (Phi) is 6.12. The fourth-order valence-corrected chi connectivity index (χ4v) is 3.15. The van der Waals surface area contributed by atoms with Gasteiger partial charge in [0.1, 0.15) is 11.6 Å². The number of rotatable bonds is 6. The standard InChI is InChI=1S/C19H25N5O2/c1-14-5-3-7-17(22-14)23-18-12-20-16(11-21-18)15-6-4-9-24(13-15)19(25)8-10-26-2/h3,5,7,11-12,15H,4,6,8-10,13H2,1-2H3,(H,21,22,23)/t15-/m1/s1. The molecule has 0 aliphatic carbocycles. The fraction of sp³-hybridized carbons (Fsp3) is 0.474. The SMILES string of the molecule is COCCC(=O)N1CCC[C@@H](c2cnc(Nc3cccc(C)n3)cn2)C1. The van der Waals surface area contributed by atoms with Crippen LogP contribution in [0.2, 0.25) is 0 Å². The highest BCUT2D eigenvalue weighted by atomic mass is 16.5. The Labute approximate surface area is 153 Å². The number of likely N-dealkylation sites (tertiary alicyclic amines) is 1. The molecule has 0 bridgehead atoms. The van der Waals surface area contributed by atoms with E-state index >= 15 is 0 Å². The summed E-state index contributed by atoms with van der Waals surface area (Å²) in [6, 6.07) is 5.79. The first kappa shape index (κ1) is 18.3. The first-order valence-electron chi connectivity index (χ1n) is 8.95. The minimum absolute atomic E-state index is 0.147. The maximum atomic E-state index is 12.2. The number of hydrogen-bond donors (Lipinski definition) is 1. The maximum absolute atomic E-state index is 12.2. The quantitative estimate of drug-likeness (QED) is 0.858. The van der Waals surface area contributed by atoms with Gasteiger partial charge in [-0.1, -0.05) is 6.07 Å². The molecular weight excluding hydrogens is 330 g/mol. The van der Waals surface area contributed by atoms with Crippen LogP contribution in [0.3, 0.4) is 0 Å². The molecule has 0 aromatic carbocycles. The summed E-state index contributed by atoms with van der Waals surface area (Å²) in [5.74, 6) is 1.79. The molecule has 2 aromatic heterocycles. The lowest BCUT2D eigenvalue weighted by atomic mass is 9.95. The topological polar surface area (TPSA) is 80.2 Å². The summed E-state index contributed by atoms with van der Waals surface area (Å²) in [5, 5.41) is 3.16. The Balaban J connectivity index is 1.61. The van der Waals surface area contributed by atoms with E-state index in [9.17, 15) is 4.79 Å². The molecule has 1 aliphatic heterocycles. The van der Waals surface area contributed by atoms with Gasteiger partial charge in [-0.05, 0) is 31.9 Å². The van der Waals surface area contributed by atoms with Crippen LogP contribution in [0.1, 0.15) is 36.6 Å². The molecule has 7 heteroatoms. The zero-order valence-electron chi connectivity index (χ0n) is 15.3. The second-order valence-corrected chi connectivity index (χ2v) is 6.54. The molecule has 0 saturated carbocycles. The molecule has 26 heavy (non-hydrogen) atoms. The molecule has 0 unspecified atom stereocenters. The number of anilines is 2. The van der Waals surface area contributed by atoms with Crippen LogP contribution in [0.15, 0.2) is 30.6 Å². The monoisotopic (exact) mass is 355 g/mol. The van der Waals surface area contributed by atoms with Gasteiger partial charge in [0.25, 0.3) is 0 Å². The lowest BCUT2D eigenvalue weighted by Crippen LogP contribution is -2.39. The van der Waals surface area contributed by atoms with E-state index in [1.807, 2.05) is 30.0 Å². The predicted octanol–water partition coefficient (Wildman–Crippen LogP) is 2.67. The summed E-state index contributed by atoms with van der Waals surface area (Å²) < 4.78 is 5.00. The van der Waals surface area contributed by atoms with Crippen LogP contribution in [-0.2, 0) is 9.53 Å². The number of aryl methyl sites for hydroxylation is 1. The van der Waals surface area contributed by atoms with Crippen LogP contribution in [0.25, 0.3) is 0 Å². The summed E-state index contributed by atoms with van der Waals surface area (Å²) in [6.07, 6.45) is 5.96. The number of piperidine rings is 1. The summed E-state index contributed by atoms with van der Waals surface area (Å²) in [4.78, 5) is 27.5. The normalized spacial score (nSPS) is 17.2. The highest BCUT2D eigenvalue weighted by Gasteiger charge is 2.25. The average Bonchev–Trinajstić information content (AvgIpc) is 2.67. The minimum Gasteiger partial charge on any atom is -0.384 e. The molecule has 1 aliphatic rings. The van der Waals surface area contributed by atoms with E-state index in [1.165, 1.54) is 0 Å². The highest BCUT2D eigenvalue weighted by molar-refractivity contribution is 5.76. The predicted molar refractivity (Wildman–Crippen MR) is 99.3 cm³/mol. The van der Waals surface area contributed by atoms with Crippen LogP contribution in [0.5, 0.6) is 0 Å². The van der Waals surface area contributed by atoms with Gasteiger partial charge in [-0.3, -0.25) is 9.78 Å². The molecule has 3 rings (SSSR count). The highest BCUT2D eigenvalue weighted by Crippen LogP contribution is 2.26. The van der Waals surface area contributed by atoms with Crippen LogP contribution >= 0.6 is 0 Å². The number of ether oxygens (including phenoxy) is 1. The number of carbonyl (C=O) groups excluding carboxylic acids is 1. The van der Waals surface area contributed by atoms with E-state index in [0.29, 0.717) is 25.4 Å². The summed E-state index contributed by atoms with van der Waals surface area (Å²) in [7, 11) is 1.61. The Hall–Kier alpha value is -2.54. The Morgan fingerprint density at radius 2 is 2.19 bits per heavy atom. The van der Waals surface area contributed by atoms with Crippen molar-refractivity contribution in [2.45, 2.75) is 32.1 Å². The molecule has 3 heterocycles. The van der Waals surface area contributed by atoms with Gasteiger partial charge in [-0.2, -0.15) is 0 Å². The van der Waals surface area contributed by atoms with Crippen molar-refractivity contribution in [3.63, 3.8) is 0 Å². The number of pyridine rings is 1.